The lowest BCUT2D eigenvalue weighted by atomic mass is 10.2. The lowest BCUT2D eigenvalue weighted by Gasteiger charge is -2.23. The molecule has 0 amide bonds. The Hall–Kier alpha value is -1.07. The zero-order valence-corrected chi connectivity index (χ0v) is 13.0. The summed E-state index contributed by atoms with van der Waals surface area (Å²) in [6, 6.07) is 7.07. The van der Waals surface area contributed by atoms with E-state index in [1.807, 2.05) is 33.8 Å². The predicted octanol–water partition coefficient (Wildman–Crippen LogP) is 2.79. The van der Waals surface area contributed by atoms with Gasteiger partial charge in [0.15, 0.2) is 0 Å². The summed E-state index contributed by atoms with van der Waals surface area (Å²) in [5.41, 5.74) is 0.673. The average molecular weight is 284 g/mol. The SMILES string of the molecule is CCNc1ccccc1S(=O)(=O)N(CC)CC(C)C. The van der Waals surface area contributed by atoms with Gasteiger partial charge in [0.05, 0.1) is 5.69 Å². The van der Waals surface area contributed by atoms with E-state index in [0.29, 0.717) is 36.1 Å². The summed E-state index contributed by atoms with van der Waals surface area (Å²) < 4.78 is 26.9. The van der Waals surface area contributed by atoms with Gasteiger partial charge in [0.2, 0.25) is 10.0 Å². The number of para-hydroxylation sites is 1. The number of anilines is 1. The summed E-state index contributed by atoms with van der Waals surface area (Å²) in [5, 5.41) is 3.11. The standard InChI is InChI=1S/C14H24N2O2S/c1-5-15-13-9-7-8-10-14(13)19(17,18)16(6-2)11-12(3)4/h7-10,12,15H,5-6,11H2,1-4H3. The van der Waals surface area contributed by atoms with Gasteiger partial charge in [-0.05, 0) is 25.0 Å². The van der Waals surface area contributed by atoms with Crippen LogP contribution in [0.2, 0.25) is 0 Å². The van der Waals surface area contributed by atoms with Crippen molar-refractivity contribution >= 4 is 15.7 Å². The summed E-state index contributed by atoms with van der Waals surface area (Å²) in [7, 11) is -3.43. The molecule has 4 nitrogen and oxygen atoms in total. The van der Waals surface area contributed by atoms with Crippen LogP contribution in [0.4, 0.5) is 5.69 Å². The van der Waals surface area contributed by atoms with Crippen LogP contribution in [0.3, 0.4) is 0 Å². The molecule has 0 aliphatic heterocycles. The summed E-state index contributed by atoms with van der Waals surface area (Å²) in [6.07, 6.45) is 0. The Bertz CT molecular complexity index is 498. The van der Waals surface area contributed by atoms with Crippen molar-refractivity contribution in [2.75, 3.05) is 25.0 Å². The molecule has 0 heterocycles. The minimum Gasteiger partial charge on any atom is -0.384 e. The molecular formula is C14H24N2O2S. The van der Waals surface area contributed by atoms with Crippen molar-refractivity contribution in [3.05, 3.63) is 24.3 Å². The minimum atomic E-state index is -3.43. The van der Waals surface area contributed by atoms with E-state index >= 15 is 0 Å². The summed E-state index contributed by atoms with van der Waals surface area (Å²) in [6.45, 7) is 9.59. The monoisotopic (exact) mass is 284 g/mol. The van der Waals surface area contributed by atoms with Crippen molar-refractivity contribution in [1.29, 1.82) is 0 Å². The van der Waals surface area contributed by atoms with Crippen LogP contribution in [-0.2, 0) is 10.0 Å². The van der Waals surface area contributed by atoms with Crippen molar-refractivity contribution in [3.8, 4) is 0 Å². The third kappa shape index (κ3) is 3.94. The van der Waals surface area contributed by atoms with E-state index in [1.165, 1.54) is 4.31 Å². The number of hydrogen-bond acceptors (Lipinski definition) is 3. The number of nitrogens with zero attached hydrogens (tertiary/aromatic N) is 1. The number of sulfonamides is 1. The maximum absolute atomic E-state index is 12.7. The van der Waals surface area contributed by atoms with Gasteiger partial charge in [0.1, 0.15) is 4.90 Å². The van der Waals surface area contributed by atoms with Gasteiger partial charge in [0.25, 0.3) is 0 Å². The molecule has 0 fully saturated rings. The maximum atomic E-state index is 12.7. The lowest BCUT2D eigenvalue weighted by molar-refractivity contribution is 0.381. The molecule has 0 aliphatic rings. The zero-order valence-electron chi connectivity index (χ0n) is 12.2. The molecule has 1 aromatic carbocycles. The molecular weight excluding hydrogens is 260 g/mol. The molecule has 1 rings (SSSR count). The second-order valence-corrected chi connectivity index (χ2v) is 6.78. The number of rotatable bonds is 7. The van der Waals surface area contributed by atoms with Crippen LogP contribution in [0.25, 0.3) is 0 Å². The predicted molar refractivity (Wildman–Crippen MR) is 79.9 cm³/mol. The van der Waals surface area contributed by atoms with Crippen LogP contribution < -0.4 is 5.32 Å². The number of hydrogen-bond donors (Lipinski definition) is 1. The molecule has 0 aliphatic carbocycles. The fourth-order valence-corrected chi connectivity index (χ4v) is 3.75. The Morgan fingerprint density at radius 2 is 1.84 bits per heavy atom. The molecule has 0 aromatic heterocycles. The smallest absolute Gasteiger partial charge is 0.245 e. The normalized spacial score (nSPS) is 12.1. The molecule has 0 unspecified atom stereocenters. The first-order chi connectivity index (χ1) is 8.93. The summed E-state index contributed by atoms with van der Waals surface area (Å²) in [5.74, 6) is 0.307. The van der Waals surface area contributed by atoms with Crippen LogP contribution in [-0.4, -0.2) is 32.4 Å². The number of benzene rings is 1. The Kier molecular flexibility index (Phi) is 5.82. The third-order valence-corrected chi connectivity index (χ3v) is 4.79. The topological polar surface area (TPSA) is 49.4 Å². The molecule has 0 saturated carbocycles. The van der Waals surface area contributed by atoms with Gasteiger partial charge in [-0.25, -0.2) is 8.42 Å². The van der Waals surface area contributed by atoms with E-state index in [0.717, 1.165) is 0 Å². The molecule has 0 bridgehead atoms. The minimum absolute atomic E-state index is 0.307. The van der Waals surface area contributed by atoms with Crippen molar-refractivity contribution in [2.24, 2.45) is 5.92 Å². The Morgan fingerprint density at radius 1 is 1.21 bits per heavy atom. The molecule has 5 heteroatoms. The molecule has 1 N–H and O–H groups in total. The average Bonchev–Trinajstić information content (AvgIpc) is 2.36. The van der Waals surface area contributed by atoms with Gasteiger partial charge in [-0.2, -0.15) is 4.31 Å². The van der Waals surface area contributed by atoms with Crippen molar-refractivity contribution in [2.45, 2.75) is 32.6 Å². The van der Waals surface area contributed by atoms with Gasteiger partial charge < -0.3 is 5.32 Å². The molecule has 19 heavy (non-hydrogen) atoms. The summed E-state index contributed by atoms with van der Waals surface area (Å²) in [4.78, 5) is 0.361. The highest BCUT2D eigenvalue weighted by atomic mass is 32.2. The van der Waals surface area contributed by atoms with E-state index in [2.05, 4.69) is 5.32 Å². The van der Waals surface area contributed by atoms with E-state index in [1.54, 1.807) is 18.2 Å². The molecule has 0 atom stereocenters. The molecule has 0 spiro atoms. The maximum Gasteiger partial charge on any atom is 0.245 e. The second-order valence-electron chi connectivity index (χ2n) is 4.88. The quantitative estimate of drug-likeness (QED) is 0.837. The van der Waals surface area contributed by atoms with E-state index < -0.39 is 10.0 Å². The van der Waals surface area contributed by atoms with Gasteiger partial charge in [-0.3, -0.25) is 0 Å². The van der Waals surface area contributed by atoms with Crippen LogP contribution >= 0.6 is 0 Å². The van der Waals surface area contributed by atoms with Crippen molar-refractivity contribution in [1.82, 2.24) is 4.31 Å². The lowest BCUT2D eigenvalue weighted by Crippen LogP contribution is -2.34. The highest BCUT2D eigenvalue weighted by Gasteiger charge is 2.25. The van der Waals surface area contributed by atoms with Gasteiger partial charge in [-0.15, -0.1) is 0 Å². The molecule has 1 aromatic rings. The van der Waals surface area contributed by atoms with E-state index in [9.17, 15) is 8.42 Å². The fourth-order valence-electron chi connectivity index (χ4n) is 1.97. The van der Waals surface area contributed by atoms with Crippen LogP contribution in [0.5, 0.6) is 0 Å². The van der Waals surface area contributed by atoms with Crippen LogP contribution in [0.15, 0.2) is 29.2 Å². The van der Waals surface area contributed by atoms with Gasteiger partial charge >= 0.3 is 0 Å². The second kappa shape index (κ2) is 6.91. The van der Waals surface area contributed by atoms with Crippen molar-refractivity contribution in [3.63, 3.8) is 0 Å². The van der Waals surface area contributed by atoms with Crippen LogP contribution in [0, 0.1) is 5.92 Å². The highest BCUT2D eigenvalue weighted by molar-refractivity contribution is 7.89. The van der Waals surface area contributed by atoms with Crippen LogP contribution in [0.1, 0.15) is 27.7 Å². The zero-order chi connectivity index (χ0) is 14.5. The fraction of sp³-hybridized carbons (Fsp3) is 0.571. The van der Waals surface area contributed by atoms with E-state index in [-0.39, 0.29) is 0 Å². The first-order valence-corrected chi connectivity index (χ1v) is 8.20. The summed E-state index contributed by atoms with van der Waals surface area (Å²) >= 11 is 0. The highest BCUT2D eigenvalue weighted by Crippen LogP contribution is 2.24. The molecule has 108 valence electrons. The van der Waals surface area contributed by atoms with E-state index in [4.69, 9.17) is 0 Å². The third-order valence-electron chi connectivity index (χ3n) is 2.79. The first kappa shape index (κ1) is 16.0. The first-order valence-electron chi connectivity index (χ1n) is 6.76. The van der Waals surface area contributed by atoms with Crippen molar-refractivity contribution < 1.29 is 8.42 Å². The number of nitrogens with one attached hydrogen (secondary N) is 1. The Labute approximate surface area is 116 Å². The molecule has 0 radical (unpaired) electrons. The Morgan fingerprint density at radius 3 is 2.37 bits per heavy atom. The largest absolute Gasteiger partial charge is 0.384 e. The Balaban J connectivity index is 3.18. The van der Waals surface area contributed by atoms with Gasteiger partial charge in [-0.1, -0.05) is 32.9 Å². The van der Waals surface area contributed by atoms with Gasteiger partial charge in [0, 0.05) is 19.6 Å². The molecule has 0 saturated heterocycles.